The molecule has 0 radical (unpaired) electrons. The van der Waals surface area contributed by atoms with Gasteiger partial charge < -0.3 is 0 Å². The molecule has 1 fully saturated rings. The molecule has 1 aliphatic rings. The van der Waals surface area contributed by atoms with Gasteiger partial charge in [0.25, 0.3) is 0 Å². The third kappa shape index (κ3) is 2.42. The van der Waals surface area contributed by atoms with Gasteiger partial charge in [-0.05, 0) is 30.3 Å². The maximum Gasteiger partial charge on any atom is 0.00246 e. The van der Waals surface area contributed by atoms with E-state index in [2.05, 4.69) is 31.3 Å². The first-order valence-corrected chi connectivity index (χ1v) is 5.23. The molecule has 0 amide bonds. The largest absolute Gasteiger partial charge is 0.176 e. The molecule has 1 aliphatic heterocycles. The van der Waals surface area contributed by atoms with Gasteiger partial charge in [0, 0.05) is 5.25 Å². The van der Waals surface area contributed by atoms with Crippen LogP contribution in [0.25, 0.3) is 0 Å². The second-order valence-electron chi connectivity index (χ2n) is 2.72. The second kappa shape index (κ2) is 3.77. The van der Waals surface area contributed by atoms with E-state index in [0.29, 0.717) is 5.25 Å². The van der Waals surface area contributed by atoms with Crippen LogP contribution >= 0.6 is 24.4 Å². The van der Waals surface area contributed by atoms with Crippen LogP contribution in [-0.2, 0) is 0 Å². The van der Waals surface area contributed by atoms with Crippen molar-refractivity contribution in [3.05, 3.63) is 0 Å². The number of hydrogen-bond acceptors (Lipinski definition) is 2. The lowest BCUT2D eigenvalue weighted by molar-refractivity contribution is 0.521. The molecule has 2 heteroatoms. The van der Waals surface area contributed by atoms with E-state index in [-0.39, 0.29) is 0 Å². The van der Waals surface area contributed by atoms with E-state index in [4.69, 9.17) is 0 Å². The Balaban J connectivity index is 2.23. The molecule has 1 rings (SSSR count). The van der Waals surface area contributed by atoms with Crippen LogP contribution in [-0.4, -0.2) is 16.8 Å². The summed E-state index contributed by atoms with van der Waals surface area (Å²) in [6.45, 7) is 2.21. The van der Waals surface area contributed by atoms with Crippen molar-refractivity contribution in [1.82, 2.24) is 0 Å². The van der Waals surface area contributed by atoms with Gasteiger partial charge in [-0.1, -0.05) is 6.92 Å². The van der Waals surface area contributed by atoms with Gasteiger partial charge >= 0.3 is 0 Å². The SMILES string of the molecule is CC(S)C1CCCSC1. The molecule has 0 aromatic rings. The van der Waals surface area contributed by atoms with Gasteiger partial charge in [0.1, 0.15) is 0 Å². The van der Waals surface area contributed by atoms with Gasteiger partial charge in [-0.25, -0.2) is 0 Å². The molecule has 54 valence electrons. The molecule has 0 nitrogen and oxygen atoms in total. The first-order chi connectivity index (χ1) is 4.30. The van der Waals surface area contributed by atoms with Crippen molar-refractivity contribution in [3.63, 3.8) is 0 Å². The predicted octanol–water partition coefficient (Wildman–Crippen LogP) is 2.45. The fourth-order valence-electron chi connectivity index (χ4n) is 1.15. The molecule has 0 aliphatic carbocycles. The highest BCUT2D eigenvalue weighted by molar-refractivity contribution is 7.99. The minimum absolute atomic E-state index is 0.609. The molecule has 0 aromatic carbocycles. The van der Waals surface area contributed by atoms with E-state index in [9.17, 15) is 0 Å². The summed E-state index contributed by atoms with van der Waals surface area (Å²) >= 11 is 6.51. The molecule has 2 atom stereocenters. The molecule has 1 saturated heterocycles. The van der Waals surface area contributed by atoms with Crippen LogP contribution in [0.5, 0.6) is 0 Å². The Bertz CT molecular complexity index is 75.0. The van der Waals surface area contributed by atoms with Crippen LogP contribution in [0.2, 0.25) is 0 Å². The lowest BCUT2D eigenvalue weighted by Gasteiger charge is -2.23. The molecule has 0 saturated carbocycles. The van der Waals surface area contributed by atoms with Gasteiger partial charge in [-0.15, -0.1) is 0 Å². The lowest BCUT2D eigenvalue weighted by atomic mass is 10.0. The van der Waals surface area contributed by atoms with Gasteiger partial charge in [0.15, 0.2) is 0 Å². The van der Waals surface area contributed by atoms with Crippen molar-refractivity contribution in [2.45, 2.75) is 25.0 Å². The Morgan fingerprint density at radius 2 is 2.44 bits per heavy atom. The normalized spacial score (nSPS) is 32.0. The molecule has 0 bridgehead atoms. The number of rotatable bonds is 1. The third-order valence-corrected chi connectivity index (χ3v) is 3.54. The molecule has 2 unspecified atom stereocenters. The van der Waals surface area contributed by atoms with Crippen molar-refractivity contribution in [1.29, 1.82) is 0 Å². The summed E-state index contributed by atoms with van der Waals surface area (Å²) in [7, 11) is 0. The smallest absolute Gasteiger partial charge is 0.00246 e. The summed E-state index contributed by atoms with van der Waals surface area (Å²) in [5, 5.41) is 0.609. The van der Waals surface area contributed by atoms with Gasteiger partial charge in [-0.3, -0.25) is 0 Å². The molecule has 0 N–H and O–H groups in total. The molecule has 0 spiro atoms. The topological polar surface area (TPSA) is 0 Å². The second-order valence-corrected chi connectivity index (χ2v) is 4.68. The fourth-order valence-corrected chi connectivity index (χ4v) is 2.84. The van der Waals surface area contributed by atoms with Crippen molar-refractivity contribution in [2.24, 2.45) is 5.92 Å². The number of thiol groups is 1. The number of hydrogen-bond donors (Lipinski definition) is 1. The standard InChI is InChI=1S/C7H14S2/c1-6(8)7-3-2-4-9-5-7/h6-8H,2-5H2,1H3. The van der Waals surface area contributed by atoms with Crippen molar-refractivity contribution < 1.29 is 0 Å². The molecule has 0 aromatic heterocycles. The van der Waals surface area contributed by atoms with Crippen LogP contribution in [0.15, 0.2) is 0 Å². The summed E-state index contributed by atoms with van der Waals surface area (Å²) in [6.07, 6.45) is 2.80. The Kier molecular flexibility index (Phi) is 3.27. The highest BCUT2D eigenvalue weighted by Crippen LogP contribution is 2.27. The summed E-state index contributed by atoms with van der Waals surface area (Å²) < 4.78 is 0. The van der Waals surface area contributed by atoms with E-state index in [1.54, 1.807) is 0 Å². The summed E-state index contributed by atoms with van der Waals surface area (Å²) in [4.78, 5) is 0. The summed E-state index contributed by atoms with van der Waals surface area (Å²) in [5.41, 5.74) is 0. The van der Waals surface area contributed by atoms with Crippen LogP contribution in [0.4, 0.5) is 0 Å². The number of thioether (sulfide) groups is 1. The molecule has 1 heterocycles. The van der Waals surface area contributed by atoms with Crippen LogP contribution < -0.4 is 0 Å². The van der Waals surface area contributed by atoms with Crippen molar-refractivity contribution in [2.75, 3.05) is 11.5 Å². The maximum absolute atomic E-state index is 4.43. The highest BCUT2D eigenvalue weighted by atomic mass is 32.2. The Labute approximate surface area is 67.2 Å². The minimum atomic E-state index is 0.609. The predicted molar refractivity (Wildman–Crippen MR) is 48.5 cm³/mol. The zero-order valence-corrected chi connectivity index (χ0v) is 7.55. The quantitative estimate of drug-likeness (QED) is 0.578. The first-order valence-electron chi connectivity index (χ1n) is 3.56. The first kappa shape index (κ1) is 7.80. The van der Waals surface area contributed by atoms with Crippen molar-refractivity contribution >= 4 is 24.4 Å². The van der Waals surface area contributed by atoms with Gasteiger partial charge in [-0.2, -0.15) is 24.4 Å². The van der Waals surface area contributed by atoms with E-state index in [1.807, 2.05) is 0 Å². The van der Waals surface area contributed by atoms with E-state index >= 15 is 0 Å². The Morgan fingerprint density at radius 1 is 1.67 bits per heavy atom. The van der Waals surface area contributed by atoms with Crippen LogP contribution in [0, 0.1) is 5.92 Å². The minimum Gasteiger partial charge on any atom is -0.176 e. The summed E-state index contributed by atoms with van der Waals surface area (Å²) in [5.74, 6) is 3.59. The maximum atomic E-state index is 4.43. The van der Waals surface area contributed by atoms with Crippen LogP contribution in [0.1, 0.15) is 19.8 Å². The summed E-state index contributed by atoms with van der Waals surface area (Å²) in [6, 6.07) is 0. The Morgan fingerprint density at radius 3 is 2.78 bits per heavy atom. The third-order valence-electron chi connectivity index (χ3n) is 1.88. The molecular weight excluding hydrogens is 148 g/mol. The monoisotopic (exact) mass is 162 g/mol. The highest BCUT2D eigenvalue weighted by Gasteiger charge is 2.16. The lowest BCUT2D eigenvalue weighted by Crippen LogP contribution is -2.18. The van der Waals surface area contributed by atoms with E-state index in [0.717, 1.165) is 5.92 Å². The average molecular weight is 162 g/mol. The Hall–Kier alpha value is 0.700. The van der Waals surface area contributed by atoms with Gasteiger partial charge in [0.05, 0.1) is 0 Å². The fraction of sp³-hybridized carbons (Fsp3) is 1.00. The molecular formula is C7H14S2. The average Bonchev–Trinajstić information content (AvgIpc) is 1.90. The van der Waals surface area contributed by atoms with E-state index < -0.39 is 0 Å². The zero-order valence-electron chi connectivity index (χ0n) is 5.84. The zero-order chi connectivity index (χ0) is 6.69. The molecule has 9 heavy (non-hydrogen) atoms. The van der Waals surface area contributed by atoms with Crippen LogP contribution in [0.3, 0.4) is 0 Å². The van der Waals surface area contributed by atoms with Crippen molar-refractivity contribution in [3.8, 4) is 0 Å². The van der Waals surface area contributed by atoms with Gasteiger partial charge in [0.2, 0.25) is 0 Å². The van der Waals surface area contributed by atoms with E-state index in [1.165, 1.54) is 24.3 Å².